The van der Waals surface area contributed by atoms with Gasteiger partial charge in [-0.3, -0.25) is 0 Å². The zero-order valence-corrected chi connectivity index (χ0v) is 11.2. The molecule has 0 amide bonds. The van der Waals surface area contributed by atoms with E-state index in [1.165, 1.54) is 13.0 Å². The van der Waals surface area contributed by atoms with Crippen LogP contribution in [-0.4, -0.2) is 19.8 Å². The number of pyridine rings is 1. The number of hydrogen-bond donors (Lipinski definition) is 0. The highest BCUT2D eigenvalue weighted by atomic mass is 79.9. The van der Waals surface area contributed by atoms with Crippen LogP contribution in [0.5, 0.6) is 5.88 Å². The van der Waals surface area contributed by atoms with Crippen molar-refractivity contribution in [2.45, 2.75) is 18.2 Å². The summed E-state index contributed by atoms with van der Waals surface area (Å²) in [5, 5.41) is 0. The van der Waals surface area contributed by atoms with Crippen molar-refractivity contribution in [3.8, 4) is 5.88 Å². The van der Waals surface area contributed by atoms with Gasteiger partial charge in [0.2, 0.25) is 5.88 Å². The highest BCUT2D eigenvalue weighted by Gasteiger charge is 2.35. The second kappa shape index (κ2) is 4.62. The van der Waals surface area contributed by atoms with Gasteiger partial charge in [0.15, 0.2) is 4.90 Å². The predicted molar refractivity (Wildman–Crippen MR) is 56.4 cm³/mol. The summed E-state index contributed by atoms with van der Waals surface area (Å²) in [5.74, 6) is -1.11. The van der Waals surface area contributed by atoms with Crippen molar-refractivity contribution >= 4 is 35.7 Å². The van der Waals surface area contributed by atoms with E-state index in [1.807, 2.05) is 0 Å². The molecule has 0 atom stereocenters. The first-order valence-electron chi connectivity index (χ1n) is 3.88. The van der Waals surface area contributed by atoms with Crippen LogP contribution in [0, 0.1) is 6.92 Å². The fourth-order valence-corrected chi connectivity index (χ4v) is 3.45. The fourth-order valence-electron chi connectivity index (χ4n) is 0.994. The Labute approximate surface area is 107 Å². The highest BCUT2D eigenvalue weighted by Crippen LogP contribution is 2.35. The van der Waals surface area contributed by atoms with E-state index in [0.717, 1.165) is 0 Å². The molecule has 0 fully saturated rings. The average molecular weight is 355 g/mol. The average Bonchev–Trinajstić information content (AvgIpc) is 1.94. The van der Waals surface area contributed by atoms with Crippen LogP contribution in [0.2, 0.25) is 0 Å². The third-order valence-electron chi connectivity index (χ3n) is 1.48. The van der Waals surface area contributed by atoms with Gasteiger partial charge in [-0.15, -0.1) is 13.2 Å². The second-order valence-electron chi connectivity index (χ2n) is 2.87. The standard InChI is InChI=1S/C7H4BrClF3NO3S/c1-3-2-4(8)5(17(9,14)15)6(13-3)16-7(10,11)12/h2H,1H3. The smallest absolute Gasteiger partial charge is 0.386 e. The van der Waals surface area contributed by atoms with E-state index in [0.29, 0.717) is 0 Å². The molecule has 1 aromatic heterocycles. The molecule has 0 aromatic carbocycles. The molecular formula is C7H4BrClF3NO3S. The Balaban J connectivity index is 3.47. The van der Waals surface area contributed by atoms with E-state index in [-0.39, 0.29) is 10.2 Å². The maximum atomic E-state index is 12.1. The van der Waals surface area contributed by atoms with E-state index in [2.05, 4.69) is 25.7 Å². The number of halogens is 5. The number of ether oxygens (including phenoxy) is 1. The van der Waals surface area contributed by atoms with Crippen LogP contribution in [0.25, 0.3) is 0 Å². The summed E-state index contributed by atoms with van der Waals surface area (Å²) in [6.45, 7) is 1.37. The maximum absolute atomic E-state index is 12.1. The molecule has 0 aliphatic carbocycles. The molecule has 4 nitrogen and oxygen atoms in total. The summed E-state index contributed by atoms with van der Waals surface area (Å²) in [6, 6.07) is 1.21. The van der Waals surface area contributed by atoms with Crippen LogP contribution in [0.4, 0.5) is 13.2 Å². The Kier molecular flexibility index (Phi) is 3.94. The number of aromatic nitrogens is 1. The summed E-state index contributed by atoms with van der Waals surface area (Å²) >= 11 is 2.79. The molecule has 1 heterocycles. The monoisotopic (exact) mass is 353 g/mol. The molecule has 1 rings (SSSR count). The first kappa shape index (κ1) is 14.5. The van der Waals surface area contributed by atoms with Gasteiger partial charge in [0.05, 0.1) is 0 Å². The van der Waals surface area contributed by atoms with Crippen LogP contribution in [-0.2, 0) is 9.05 Å². The van der Waals surface area contributed by atoms with Crippen molar-refractivity contribution in [3.05, 3.63) is 16.2 Å². The van der Waals surface area contributed by atoms with Crippen LogP contribution >= 0.6 is 26.6 Å². The highest BCUT2D eigenvalue weighted by molar-refractivity contribution is 9.10. The quantitative estimate of drug-likeness (QED) is 0.766. The van der Waals surface area contributed by atoms with Gasteiger partial charge in [-0.25, -0.2) is 13.4 Å². The summed E-state index contributed by atoms with van der Waals surface area (Å²) in [4.78, 5) is 2.49. The Morgan fingerprint density at radius 2 is 2.00 bits per heavy atom. The molecule has 0 unspecified atom stereocenters. The normalized spacial score (nSPS) is 12.6. The third-order valence-corrected chi connectivity index (χ3v) is 3.71. The lowest BCUT2D eigenvalue weighted by molar-refractivity contribution is -0.277. The molecule has 0 aliphatic rings. The SMILES string of the molecule is Cc1cc(Br)c(S(=O)(=O)Cl)c(OC(F)(F)F)n1. The first-order chi connectivity index (χ1) is 7.50. The van der Waals surface area contributed by atoms with E-state index in [1.54, 1.807) is 0 Å². The lowest BCUT2D eigenvalue weighted by atomic mass is 10.4. The number of hydrogen-bond acceptors (Lipinski definition) is 4. The van der Waals surface area contributed by atoms with E-state index in [9.17, 15) is 21.6 Å². The molecule has 10 heteroatoms. The van der Waals surface area contributed by atoms with Crippen molar-refractivity contribution in [1.29, 1.82) is 0 Å². The van der Waals surface area contributed by atoms with Gasteiger partial charge in [0.25, 0.3) is 9.05 Å². The molecule has 0 aliphatic heterocycles. The Morgan fingerprint density at radius 3 is 2.41 bits per heavy atom. The molecule has 0 spiro atoms. The molecule has 0 N–H and O–H groups in total. The zero-order valence-electron chi connectivity index (χ0n) is 8.05. The minimum Gasteiger partial charge on any atom is -0.386 e. The van der Waals surface area contributed by atoms with Crippen molar-refractivity contribution < 1.29 is 26.3 Å². The summed E-state index contributed by atoms with van der Waals surface area (Å²) < 4.78 is 61.8. The van der Waals surface area contributed by atoms with Crippen molar-refractivity contribution in [3.63, 3.8) is 0 Å². The third kappa shape index (κ3) is 4.00. The lowest BCUT2D eigenvalue weighted by Gasteiger charge is -2.12. The fraction of sp³-hybridized carbons (Fsp3) is 0.286. The van der Waals surface area contributed by atoms with Crippen molar-refractivity contribution in [2.24, 2.45) is 0 Å². The van der Waals surface area contributed by atoms with Gasteiger partial charge in [-0.1, -0.05) is 0 Å². The van der Waals surface area contributed by atoms with E-state index >= 15 is 0 Å². The summed E-state index contributed by atoms with van der Waals surface area (Å²) in [6.07, 6.45) is -5.06. The number of alkyl halides is 3. The molecule has 0 radical (unpaired) electrons. The zero-order chi connectivity index (χ0) is 13.4. The largest absolute Gasteiger partial charge is 0.574 e. The number of rotatable bonds is 2. The first-order valence-corrected chi connectivity index (χ1v) is 6.98. The molecule has 1 aromatic rings. The van der Waals surface area contributed by atoms with Crippen LogP contribution in [0.3, 0.4) is 0 Å². The van der Waals surface area contributed by atoms with Crippen LogP contribution in [0.1, 0.15) is 5.69 Å². The van der Waals surface area contributed by atoms with Gasteiger partial charge in [0, 0.05) is 20.8 Å². The van der Waals surface area contributed by atoms with Gasteiger partial charge in [0.1, 0.15) is 0 Å². The molecular weight excluding hydrogens is 350 g/mol. The van der Waals surface area contributed by atoms with Crippen LogP contribution in [0.15, 0.2) is 15.4 Å². The van der Waals surface area contributed by atoms with Crippen molar-refractivity contribution in [2.75, 3.05) is 0 Å². The minimum absolute atomic E-state index is 0.139. The molecule has 96 valence electrons. The number of nitrogens with zero attached hydrogens (tertiary/aromatic N) is 1. The van der Waals surface area contributed by atoms with Gasteiger partial charge in [-0.2, -0.15) is 0 Å². The molecule has 0 saturated heterocycles. The van der Waals surface area contributed by atoms with Gasteiger partial charge in [-0.05, 0) is 28.9 Å². The van der Waals surface area contributed by atoms with Crippen LogP contribution < -0.4 is 4.74 Å². The lowest BCUT2D eigenvalue weighted by Crippen LogP contribution is -2.19. The molecule has 17 heavy (non-hydrogen) atoms. The summed E-state index contributed by atoms with van der Waals surface area (Å²) in [5.41, 5.74) is 0.139. The summed E-state index contributed by atoms with van der Waals surface area (Å²) in [7, 11) is 0.590. The Hall–Kier alpha value is -0.540. The van der Waals surface area contributed by atoms with E-state index < -0.39 is 26.2 Å². The van der Waals surface area contributed by atoms with Gasteiger partial charge >= 0.3 is 6.36 Å². The van der Waals surface area contributed by atoms with Crippen molar-refractivity contribution in [1.82, 2.24) is 4.98 Å². The topological polar surface area (TPSA) is 56.3 Å². The Morgan fingerprint density at radius 1 is 1.47 bits per heavy atom. The molecule has 0 bridgehead atoms. The second-order valence-corrected chi connectivity index (χ2v) is 6.22. The minimum atomic E-state index is -5.06. The predicted octanol–water partition coefficient (Wildman–Crippen LogP) is 2.98. The Bertz CT molecular complexity index is 546. The maximum Gasteiger partial charge on any atom is 0.574 e. The molecule has 0 saturated carbocycles. The van der Waals surface area contributed by atoms with Gasteiger partial charge < -0.3 is 4.74 Å². The van der Waals surface area contributed by atoms with E-state index in [4.69, 9.17) is 10.7 Å². The number of aryl methyl sites for hydroxylation is 1.